The van der Waals surface area contributed by atoms with Gasteiger partial charge in [0.1, 0.15) is 11.2 Å². The number of benzene rings is 2. The summed E-state index contributed by atoms with van der Waals surface area (Å²) < 4.78 is 6.83. The Morgan fingerprint density at radius 3 is 2.40 bits per heavy atom. The molecule has 0 amide bonds. The zero-order chi connectivity index (χ0) is 10.4. The number of rotatable bonds is 0. The van der Waals surface area contributed by atoms with Crippen molar-refractivity contribution >= 4 is 37.9 Å². The number of fused-ring (bicyclic) bond motifs is 3. The van der Waals surface area contributed by atoms with Crippen LogP contribution in [-0.2, 0) is 0 Å². The van der Waals surface area contributed by atoms with E-state index in [0.29, 0.717) is 0 Å². The second-order valence-corrected chi connectivity index (χ2v) is 4.66. The standard InChI is InChI=1S/C13H9BrO/c1-8-2-4-10-11-5-3-9(14)7-13(11)15-12(10)6-8/h2-7H,1H3. The van der Waals surface area contributed by atoms with Gasteiger partial charge in [-0.15, -0.1) is 0 Å². The fourth-order valence-corrected chi connectivity index (χ4v) is 2.20. The lowest BCUT2D eigenvalue weighted by molar-refractivity contribution is 0.668. The molecule has 15 heavy (non-hydrogen) atoms. The lowest BCUT2D eigenvalue weighted by atomic mass is 10.1. The summed E-state index contributed by atoms with van der Waals surface area (Å²) in [6, 6.07) is 12.4. The van der Waals surface area contributed by atoms with E-state index in [2.05, 4.69) is 47.1 Å². The largest absolute Gasteiger partial charge is 0.456 e. The van der Waals surface area contributed by atoms with E-state index in [1.54, 1.807) is 0 Å². The molecule has 0 unspecified atom stereocenters. The molecule has 0 aliphatic carbocycles. The summed E-state index contributed by atoms with van der Waals surface area (Å²) in [5.41, 5.74) is 3.12. The van der Waals surface area contributed by atoms with E-state index in [4.69, 9.17) is 4.42 Å². The Morgan fingerprint density at radius 2 is 1.60 bits per heavy atom. The van der Waals surface area contributed by atoms with Gasteiger partial charge in [0.15, 0.2) is 0 Å². The average molecular weight is 261 g/mol. The van der Waals surface area contributed by atoms with Crippen molar-refractivity contribution in [3.63, 3.8) is 0 Å². The molecule has 0 spiro atoms. The lowest BCUT2D eigenvalue weighted by Gasteiger charge is -1.91. The van der Waals surface area contributed by atoms with Crippen LogP contribution in [0.3, 0.4) is 0 Å². The average Bonchev–Trinajstić information content (AvgIpc) is 2.53. The summed E-state index contributed by atoms with van der Waals surface area (Å²) in [4.78, 5) is 0. The molecule has 1 nitrogen and oxygen atoms in total. The summed E-state index contributed by atoms with van der Waals surface area (Å²) in [6.45, 7) is 2.07. The van der Waals surface area contributed by atoms with Crippen LogP contribution in [0, 0.1) is 6.92 Å². The normalized spacial score (nSPS) is 11.3. The van der Waals surface area contributed by atoms with E-state index < -0.39 is 0 Å². The molecule has 1 aromatic heterocycles. The number of furan rings is 1. The van der Waals surface area contributed by atoms with Crippen molar-refractivity contribution in [2.75, 3.05) is 0 Å². The van der Waals surface area contributed by atoms with Crippen LogP contribution in [-0.4, -0.2) is 0 Å². The van der Waals surface area contributed by atoms with Crippen molar-refractivity contribution in [2.24, 2.45) is 0 Å². The maximum Gasteiger partial charge on any atom is 0.136 e. The lowest BCUT2D eigenvalue weighted by Crippen LogP contribution is -1.69. The monoisotopic (exact) mass is 260 g/mol. The Kier molecular flexibility index (Phi) is 1.86. The first-order valence-electron chi connectivity index (χ1n) is 4.82. The number of aryl methyl sites for hydroxylation is 1. The van der Waals surface area contributed by atoms with Crippen molar-refractivity contribution in [2.45, 2.75) is 6.92 Å². The van der Waals surface area contributed by atoms with Crippen molar-refractivity contribution in [3.05, 3.63) is 46.4 Å². The quantitative estimate of drug-likeness (QED) is 0.573. The van der Waals surface area contributed by atoms with Crippen molar-refractivity contribution < 1.29 is 4.42 Å². The Bertz CT molecular complexity index is 596. The van der Waals surface area contributed by atoms with Crippen molar-refractivity contribution in [3.8, 4) is 0 Å². The van der Waals surface area contributed by atoms with Crippen LogP contribution in [0.25, 0.3) is 21.9 Å². The molecular weight excluding hydrogens is 252 g/mol. The molecule has 0 N–H and O–H groups in total. The van der Waals surface area contributed by atoms with Crippen LogP contribution in [0.1, 0.15) is 5.56 Å². The van der Waals surface area contributed by atoms with Crippen LogP contribution in [0.4, 0.5) is 0 Å². The van der Waals surface area contributed by atoms with Crippen LogP contribution in [0.2, 0.25) is 0 Å². The predicted octanol–water partition coefficient (Wildman–Crippen LogP) is 4.66. The topological polar surface area (TPSA) is 13.1 Å². The third-order valence-electron chi connectivity index (χ3n) is 2.59. The Labute approximate surface area is 95.8 Å². The van der Waals surface area contributed by atoms with E-state index in [0.717, 1.165) is 15.6 Å². The molecule has 0 fully saturated rings. The minimum absolute atomic E-state index is 0.935. The fourth-order valence-electron chi connectivity index (χ4n) is 1.86. The Hall–Kier alpha value is -1.28. The predicted molar refractivity (Wildman–Crippen MR) is 66.2 cm³/mol. The third-order valence-corrected chi connectivity index (χ3v) is 3.08. The van der Waals surface area contributed by atoms with Gasteiger partial charge in [0.2, 0.25) is 0 Å². The molecule has 0 bridgehead atoms. The van der Waals surface area contributed by atoms with Gasteiger partial charge in [0.25, 0.3) is 0 Å². The maximum atomic E-state index is 5.78. The molecule has 0 radical (unpaired) electrons. The fraction of sp³-hybridized carbons (Fsp3) is 0.0769. The Morgan fingerprint density at radius 1 is 0.933 bits per heavy atom. The van der Waals surface area contributed by atoms with Crippen LogP contribution in [0.5, 0.6) is 0 Å². The molecule has 1 heterocycles. The van der Waals surface area contributed by atoms with Crippen molar-refractivity contribution in [1.82, 2.24) is 0 Å². The third kappa shape index (κ3) is 1.37. The molecule has 2 aromatic carbocycles. The summed E-state index contributed by atoms with van der Waals surface area (Å²) >= 11 is 3.44. The smallest absolute Gasteiger partial charge is 0.136 e. The molecule has 3 aromatic rings. The van der Waals surface area contributed by atoms with Gasteiger partial charge >= 0.3 is 0 Å². The minimum Gasteiger partial charge on any atom is -0.456 e. The van der Waals surface area contributed by atoms with Crippen LogP contribution >= 0.6 is 15.9 Å². The molecule has 0 aliphatic heterocycles. The highest BCUT2D eigenvalue weighted by Gasteiger charge is 2.06. The number of hydrogen-bond acceptors (Lipinski definition) is 1. The van der Waals surface area contributed by atoms with Gasteiger partial charge in [0, 0.05) is 15.2 Å². The van der Waals surface area contributed by atoms with Crippen LogP contribution in [0.15, 0.2) is 45.3 Å². The van der Waals surface area contributed by atoms with Crippen LogP contribution < -0.4 is 0 Å². The summed E-state index contributed by atoms with van der Waals surface area (Å²) in [5, 5.41) is 2.36. The summed E-state index contributed by atoms with van der Waals surface area (Å²) in [7, 11) is 0. The van der Waals surface area contributed by atoms with E-state index in [9.17, 15) is 0 Å². The molecule has 0 saturated heterocycles. The molecular formula is C13H9BrO. The first kappa shape index (κ1) is 8.98. The Balaban J connectivity index is 2.51. The molecule has 2 heteroatoms. The number of halogens is 1. The van der Waals surface area contributed by atoms with E-state index >= 15 is 0 Å². The van der Waals surface area contributed by atoms with E-state index in [1.807, 2.05) is 12.1 Å². The zero-order valence-corrected chi connectivity index (χ0v) is 9.84. The second kappa shape index (κ2) is 3.11. The van der Waals surface area contributed by atoms with Gasteiger partial charge in [0.05, 0.1) is 0 Å². The highest BCUT2D eigenvalue weighted by molar-refractivity contribution is 9.10. The van der Waals surface area contributed by atoms with Gasteiger partial charge in [-0.05, 0) is 36.8 Å². The molecule has 74 valence electrons. The number of hydrogen-bond donors (Lipinski definition) is 0. The van der Waals surface area contributed by atoms with E-state index in [-0.39, 0.29) is 0 Å². The first-order chi connectivity index (χ1) is 7.24. The van der Waals surface area contributed by atoms with Crippen molar-refractivity contribution in [1.29, 1.82) is 0 Å². The first-order valence-corrected chi connectivity index (χ1v) is 5.62. The highest BCUT2D eigenvalue weighted by atomic mass is 79.9. The van der Waals surface area contributed by atoms with Gasteiger partial charge < -0.3 is 4.42 Å². The summed E-state index contributed by atoms with van der Waals surface area (Å²) in [5.74, 6) is 0. The van der Waals surface area contributed by atoms with Gasteiger partial charge in [-0.25, -0.2) is 0 Å². The van der Waals surface area contributed by atoms with Gasteiger partial charge in [-0.3, -0.25) is 0 Å². The molecule has 0 saturated carbocycles. The van der Waals surface area contributed by atoms with E-state index in [1.165, 1.54) is 16.3 Å². The van der Waals surface area contributed by atoms with Gasteiger partial charge in [-0.1, -0.05) is 28.1 Å². The zero-order valence-electron chi connectivity index (χ0n) is 8.25. The summed E-state index contributed by atoms with van der Waals surface area (Å²) in [6.07, 6.45) is 0. The molecule has 3 rings (SSSR count). The minimum atomic E-state index is 0.935. The highest BCUT2D eigenvalue weighted by Crippen LogP contribution is 2.30. The maximum absolute atomic E-state index is 5.78. The molecule has 0 aliphatic rings. The SMILES string of the molecule is Cc1ccc2c(c1)oc1cc(Br)ccc12. The second-order valence-electron chi connectivity index (χ2n) is 3.74. The molecule has 0 atom stereocenters. The van der Waals surface area contributed by atoms with Gasteiger partial charge in [-0.2, -0.15) is 0 Å².